The molecular formula is C23H28FN3O5. The molecule has 0 spiro atoms. The van der Waals surface area contributed by atoms with E-state index in [1.165, 1.54) is 18.3 Å². The van der Waals surface area contributed by atoms with Crippen LogP contribution < -0.4 is 0 Å². The molecule has 5 rings (SSSR count). The molecule has 1 aliphatic carbocycles. The average Bonchev–Trinajstić information content (AvgIpc) is 3.28. The van der Waals surface area contributed by atoms with Crippen molar-refractivity contribution in [2.75, 3.05) is 19.7 Å². The fourth-order valence-corrected chi connectivity index (χ4v) is 5.21. The van der Waals surface area contributed by atoms with E-state index in [2.05, 4.69) is 17.1 Å². The van der Waals surface area contributed by atoms with E-state index >= 15 is 0 Å². The van der Waals surface area contributed by atoms with Gasteiger partial charge in [0.05, 0.1) is 29.9 Å². The summed E-state index contributed by atoms with van der Waals surface area (Å²) in [5.74, 6) is -0.788. The first-order valence-corrected chi connectivity index (χ1v) is 11.4. The number of piperazine rings is 1. The molecule has 4 heterocycles. The highest BCUT2D eigenvalue weighted by atomic mass is 19.1. The number of likely N-dealkylation sites (tertiary alicyclic amines) is 1. The van der Waals surface area contributed by atoms with Crippen molar-refractivity contribution in [3.8, 4) is 0 Å². The van der Waals surface area contributed by atoms with Gasteiger partial charge in [0, 0.05) is 19.3 Å². The molecule has 0 radical (unpaired) electrons. The summed E-state index contributed by atoms with van der Waals surface area (Å²) in [5.41, 5.74) is 0.359. The van der Waals surface area contributed by atoms with Gasteiger partial charge in [-0.25, -0.2) is 9.78 Å². The van der Waals surface area contributed by atoms with Gasteiger partial charge in [0.15, 0.2) is 6.29 Å². The lowest BCUT2D eigenvalue weighted by atomic mass is 10.0. The Balaban J connectivity index is 1.13. The molecule has 8 nitrogen and oxygen atoms in total. The lowest BCUT2D eigenvalue weighted by Crippen LogP contribution is -2.57. The maximum atomic E-state index is 13.1. The van der Waals surface area contributed by atoms with Gasteiger partial charge in [-0.05, 0) is 50.7 Å². The summed E-state index contributed by atoms with van der Waals surface area (Å²) >= 11 is 0. The van der Waals surface area contributed by atoms with Crippen molar-refractivity contribution >= 4 is 12.0 Å². The number of hydrogen-bond donors (Lipinski definition) is 0. The number of hydrogen-bond acceptors (Lipinski definition) is 6. The van der Waals surface area contributed by atoms with Crippen LogP contribution in [0.4, 0.5) is 9.18 Å². The second-order valence-electron chi connectivity index (χ2n) is 8.85. The van der Waals surface area contributed by atoms with Crippen LogP contribution in [-0.2, 0) is 14.2 Å². The topological polar surface area (TPSA) is 81.2 Å². The first kappa shape index (κ1) is 21.3. The zero-order valence-corrected chi connectivity index (χ0v) is 17.9. The van der Waals surface area contributed by atoms with Crippen LogP contribution in [0.25, 0.3) is 0 Å². The molecule has 1 aromatic rings. The van der Waals surface area contributed by atoms with E-state index in [1.807, 2.05) is 4.90 Å². The summed E-state index contributed by atoms with van der Waals surface area (Å²) in [6.45, 7) is 0.896. The molecule has 1 aromatic heterocycles. The molecule has 4 atom stereocenters. The van der Waals surface area contributed by atoms with Crippen LogP contribution in [0.5, 0.6) is 0 Å². The first-order valence-electron chi connectivity index (χ1n) is 11.4. The number of rotatable bonds is 3. The number of aromatic nitrogens is 1. The highest BCUT2D eigenvalue weighted by Gasteiger charge is 2.45. The monoisotopic (exact) mass is 445 g/mol. The average molecular weight is 445 g/mol. The van der Waals surface area contributed by atoms with E-state index in [4.69, 9.17) is 14.2 Å². The van der Waals surface area contributed by atoms with Gasteiger partial charge in [-0.1, -0.05) is 12.2 Å². The number of carbonyl (C=O) groups is 2. The van der Waals surface area contributed by atoms with Crippen molar-refractivity contribution < 1.29 is 28.2 Å². The van der Waals surface area contributed by atoms with Gasteiger partial charge in [0.2, 0.25) is 5.95 Å². The van der Waals surface area contributed by atoms with E-state index in [0.29, 0.717) is 18.7 Å². The third-order valence-electron chi connectivity index (χ3n) is 6.76. The summed E-state index contributed by atoms with van der Waals surface area (Å²) in [5, 5.41) is 0. The second kappa shape index (κ2) is 9.15. The number of nitrogens with zero attached hydrogens (tertiary/aromatic N) is 3. The maximum Gasteiger partial charge on any atom is 0.410 e. The van der Waals surface area contributed by atoms with Gasteiger partial charge in [-0.15, -0.1) is 0 Å². The number of pyridine rings is 1. The predicted octanol–water partition coefficient (Wildman–Crippen LogP) is 2.89. The molecule has 4 unspecified atom stereocenters. The zero-order valence-electron chi connectivity index (χ0n) is 17.9. The van der Waals surface area contributed by atoms with Gasteiger partial charge < -0.3 is 24.0 Å². The molecule has 172 valence electrons. The van der Waals surface area contributed by atoms with E-state index in [0.717, 1.165) is 38.5 Å². The molecule has 0 N–H and O–H groups in total. The van der Waals surface area contributed by atoms with Crippen LogP contribution in [0.3, 0.4) is 0 Å². The van der Waals surface area contributed by atoms with Gasteiger partial charge in [-0.3, -0.25) is 4.79 Å². The van der Waals surface area contributed by atoms with Crippen molar-refractivity contribution in [3.05, 3.63) is 42.0 Å². The molecule has 3 fully saturated rings. The normalized spacial score (nSPS) is 32.7. The quantitative estimate of drug-likeness (QED) is 0.526. The third kappa shape index (κ3) is 4.36. The fourth-order valence-electron chi connectivity index (χ4n) is 5.21. The van der Waals surface area contributed by atoms with E-state index in [1.54, 1.807) is 4.90 Å². The number of carbonyl (C=O) groups excluding carboxylic acids is 2. The summed E-state index contributed by atoms with van der Waals surface area (Å²) < 4.78 is 30.5. The Morgan fingerprint density at radius 3 is 2.28 bits per heavy atom. The van der Waals surface area contributed by atoms with Crippen molar-refractivity contribution in [2.45, 2.75) is 69.1 Å². The number of amides is 2. The van der Waals surface area contributed by atoms with Crippen molar-refractivity contribution in [1.82, 2.24) is 14.8 Å². The Hall–Kier alpha value is -2.52. The summed E-state index contributed by atoms with van der Waals surface area (Å²) in [6.07, 6.45) is 10.2. The molecule has 0 saturated carbocycles. The molecule has 0 aromatic carbocycles. The number of allylic oxidation sites excluding steroid dienone is 2. The maximum absolute atomic E-state index is 13.1. The van der Waals surface area contributed by atoms with E-state index in [9.17, 15) is 14.0 Å². The lowest BCUT2D eigenvalue weighted by molar-refractivity contribution is -0.102. The summed E-state index contributed by atoms with van der Waals surface area (Å²) in [6, 6.07) is 2.47. The Morgan fingerprint density at radius 2 is 1.69 bits per heavy atom. The smallest absolute Gasteiger partial charge is 0.410 e. The van der Waals surface area contributed by atoms with Crippen LogP contribution in [0.1, 0.15) is 48.9 Å². The van der Waals surface area contributed by atoms with Crippen LogP contribution in [-0.4, -0.2) is 77.1 Å². The Labute approximate surface area is 186 Å². The van der Waals surface area contributed by atoms with E-state index < -0.39 is 18.3 Å². The van der Waals surface area contributed by atoms with Gasteiger partial charge in [-0.2, -0.15) is 4.39 Å². The van der Waals surface area contributed by atoms with E-state index in [-0.39, 0.29) is 36.8 Å². The molecule has 9 heteroatoms. The van der Waals surface area contributed by atoms with Crippen molar-refractivity contribution in [2.24, 2.45) is 0 Å². The zero-order chi connectivity index (χ0) is 22.1. The first-order chi connectivity index (χ1) is 15.6. The second-order valence-corrected chi connectivity index (χ2v) is 8.85. The minimum Gasteiger partial charge on any atom is -0.444 e. The van der Waals surface area contributed by atoms with Crippen LogP contribution in [0.15, 0.2) is 30.5 Å². The highest BCUT2D eigenvalue weighted by molar-refractivity contribution is 5.94. The van der Waals surface area contributed by atoms with Crippen molar-refractivity contribution in [3.63, 3.8) is 0 Å². The van der Waals surface area contributed by atoms with Gasteiger partial charge in [0.25, 0.3) is 5.91 Å². The molecular weight excluding hydrogens is 417 g/mol. The molecule has 3 aliphatic heterocycles. The minimum absolute atomic E-state index is 0.0509. The third-order valence-corrected chi connectivity index (χ3v) is 6.76. The molecule has 2 amide bonds. The Kier molecular flexibility index (Phi) is 6.10. The number of halogens is 1. The largest absolute Gasteiger partial charge is 0.444 e. The van der Waals surface area contributed by atoms with Crippen LogP contribution in [0, 0.1) is 5.95 Å². The number of ether oxygens (including phenoxy) is 3. The molecule has 32 heavy (non-hydrogen) atoms. The van der Waals surface area contributed by atoms with Gasteiger partial charge in [0.1, 0.15) is 6.61 Å². The standard InChI is InChI=1S/C23H28FN3O5/c24-20-10-7-15(11-25-20)22(28)27-16-8-9-17(27)13-26(12-16)23(29)30-14-21-31-18-5-3-1-2-4-6-19(18)32-21/h1-2,7,10-11,16-19,21H,3-6,8-9,12-14H2/b2-1+. The SMILES string of the molecule is O=C(OCC1OC2CC/C=C/CCC2O1)N1CC2CCC(C1)N2C(=O)c1ccc(F)nc1. The summed E-state index contributed by atoms with van der Waals surface area (Å²) in [4.78, 5) is 32.7. The summed E-state index contributed by atoms with van der Waals surface area (Å²) in [7, 11) is 0. The number of fused-ring (bicyclic) bond motifs is 3. The lowest BCUT2D eigenvalue weighted by Gasteiger charge is -2.40. The highest BCUT2D eigenvalue weighted by Crippen LogP contribution is 2.32. The Morgan fingerprint density at radius 1 is 1.03 bits per heavy atom. The molecule has 2 bridgehead atoms. The molecule has 3 saturated heterocycles. The fraction of sp³-hybridized carbons (Fsp3) is 0.609. The Bertz CT molecular complexity index is 847. The van der Waals surface area contributed by atoms with Gasteiger partial charge >= 0.3 is 6.09 Å². The van der Waals surface area contributed by atoms with Crippen molar-refractivity contribution in [1.29, 1.82) is 0 Å². The van der Waals surface area contributed by atoms with Crippen LogP contribution >= 0.6 is 0 Å². The predicted molar refractivity (Wildman–Crippen MR) is 111 cm³/mol. The minimum atomic E-state index is -0.616. The van der Waals surface area contributed by atoms with Crippen LogP contribution in [0.2, 0.25) is 0 Å². The molecule has 4 aliphatic rings.